The van der Waals surface area contributed by atoms with Gasteiger partial charge in [0.15, 0.2) is 5.79 Å². The molecule has 9 atom stereocenters. The lowest BCUT2D eigenvalue weighted by molar-refractivity contribution is -0.333. The number of aliphatic hydroxyl groups excluding tert-OH is 1. The predicted molar refractivity (Wildman–Crippen MR) is 214 cm³/mol. The van der Waals surface area contributed by atoms with Crippen LogP contribution in [0.1, 0.15) is 74.8 Å². The van der Waals surface area contributed by atoms with E-state index in [1.165, 1.54) is 10.4 Å². The molecule has 6 nitrogen and oxygen atoms in total. The van der Waals surface area contributed by atoms with E-state index in [0.717, 1.165) is 5.56 Å². The van der Waals surface area contributed by atoms with Gasteiger partial charge in [0.2, 0.25) is 0 Å². The third-order valence-electron chi connectivity index (χ3n) is 10.7. The van der Waals surface area contributed by atoms with Crippen molar-refractivity contribution in [2.75, 3.05) is 20.3 Å². The van der Waals surface area contributed by atoms with Crippen molar-refractivity contribution in [1.82, 2.24) is 0 Å². The van der Waals surface area contributed by atoms with Gasteiger partial charge in [0.05, 0.1) is 31.5 Å². The second kappa shape index (κ2) is 18.5. The van der Waals surface area contributed by atoms with E-state index < -0.39 is 20.2 Å². The molecule has 1 aliphatic heterocycles. The molecule has 3 aromatic carbocycles. The summed E-state index contributed by atoms with van der Waals surface area (Å²) >= 11 is 0. The van der Waals surface area contributed by atoms with Crippen LogP contribution in [0.5, 0.6) is 0 Å². The largest absolute Gasteiger partial charge is 0.407 e. The summed E-state index contributed by atoms with van der Waals surface area (Å²) in [5.41, 5.74) is 1.16. The molecule has 52 heavy (non-hydrogen) atoms. The van der Waals surface area contributed by atoms with Gasteiger partial charge in [-0.05, 0) is 41.7 Å². The maximum absolute atomic E-state index is 11.5. The lowest BCUT2D eigenvalue weighted by Crippen LogP contribution is -2.67. The molecule has 0 bridgehead atoms. The zero-order valence-corrected chi connectivity index (χ0v) is 34.5. The second-order valence-corrected chi connectivity index (χ2v) is 20.7. The van der Waals surface area contributed by atoms with E-state index in [1.807, 2.05) is 39.0 Å². The van der Waals surface area contributed by atoms with E-state index in [4.69, 9.17) is 23.4 Å². The van der Waals surface area contributed by atoms with Crippen molar-refractivity contribution in [2.45, 2.75) is 111 Å². The molecule has 1 aliphatic rings. The summed E-state index contributed by atoms with van der Waals surface area (Å²) in [6.07, 6.45) is -1.38. The Kier molecular flexibility index (Phi) is 14.9. The molecule has 0 aromatic heterocycles. The van der Waals surface area contributed by atoms with Crippen molar-refractivity contribution < 1.29 is 28.5 Å². The van der Waals surface area contributed by atoms with E-state index in [-0.39, 0.29) is 52.9 Å². The highest BCUT2D eigenvalue weighted by Crippen LogP contribution is 2.39. The van der Waals surface area contributed by atoms with Gasteiger partial charge in [-0.1, -0.05) is 151 Å². The molecular formula is C45H64O6Si. The minimum Gasteiger partial charge on any atom is -0.407 e. The molecule has 0 saturated carbocycles. The Hall–Kier alpha value is -2.80. The van der Waals surface area contributed by atoms with E-state index in [9.17, 15) is 5.11 Å². The average Bonchev–Trinajstić information content (AvgIpc) is 3.12. The third-order valence-corrected chi connectivity index (χ3v) is 15.7. The Morgan fingerprint density at radius 1 is 0.788 bits per heavy atom. The van der Waals surface area contributed by atoms with Crippen LogP contribution in [0.4, 0.5) is 0 Å². The summed E-state index contributed by atoms with van der Waals surface area (Å²) in [6.45, 7) is 23.0. The SMILES string of the molecule is CO[C@H]([C@H](C)CO[Si](c1ccccc1)(c1ccccc1)C(C)(C)C)[C@@H](C)C(O)C#C[C@H](C)[C@@H]1OC(C)(C)O[C@@H]([C@@H](C)COCc2ccccc2)[C@H]1C. The normalized spacial score (nSPS) is 22.7. The summed E-state index contributed by atoms with van der Waals surface area (Å²) in [4.78, 5) is 0. The first kappa shape index (κ1) is 41.9. The maximum Gasteiger partial charge on any atom is 0.261 e. The third kappa shape index (κ3) is 10.2. The Balaban J connectivity index is 1.44. The molecule has 1 saturated heterocycles. The van der Waals surface area contributed by atoms with Gasteiger partial charge >= 0.3 is 0 Å². The van der Waals surface area contributed by atoms with Crippen molar-refractivity contribution in [2.24, 2.45) is 29.6 Å². The molecule has 1 unspecified atom stereocenters. The van der Waals surface area contributed by atoms with Crippen molar-refractivity contribution in [3.63, 3.8) is 0 Å². The van der Waals surface area contributed by atoms with Crippen molar-refractivity contribution in [3.8, 4) is 11.8 Å². The minimum atomic E-state index is -2.72. The molecule has 0 radical (unpaired) electrons. The zero-order chi connectivity index (χ0) is 38.1. The first-order chi connectivity index (χ1) is 24.6. The van der Waals surface area contributed by atoms with Crippen LogP contribution >= 0.6 is 0 Å². The maximum atomic E-state index is 11.5. The van der Waals surface area contributed by atoms with Gasteiger partial charge in [0.1, 0.15) is 6.10 Å². The van der Waals surface area contributed by atoms with Crippen molar-refractivity contribution in [3.05, 3.63) is 96.6 Å². The van der Waals surface area contributed by atoms with E-state index in [0.29, 0.717) is 19.8 Å². The Morgan fingerprint density at radius 3 is 1.83 bits per heavy atom. The van der Waals surface area contributed by atoms with Crippen LogP contribution < -0.4 is 10.4 Å². The van der Waals surface area contributed by atoms with Gasteiger partial charge in [-0.2, -0.15) is 0 Å². The summed E-state index contributed by atoms with van der Waals surface area (Å²) in [6, 6.07) is 31.6. The summed E-state index contributed by atoms with van der Waals surface area (Å²) in [5, 5.41) is 13.8. The van der Waals surface area contributed by atoms with Gasteiger partial charge < -0.3 is 28.5 Å². The Morgan fingerprint density at radius 2 is 1.31 bits per heavy atom. The lowest BCUT2D eigenvalue weighted by Gasteiger charge is -2.48. The fourth-order valence-corrected chi connectivity index (χ4v) is 12.7. The van der Waals surface area contributed by atoms with Crippen LogP contribution in [0.15, 0.2) is 91.0 Å². The molecule has 1 N–H and O–H groups in total. The van der Waals surface area contributed by atoms with Gasteiger partial charge in [-0.3, -0.25) is 0 Å². The summed E-state index contributed by atoms with van der Waals surface area (Å²) in [7, 11) is -1.000. The molecule has 0 spiro atoms. The van der Waals surface area contributed by atoms with Crippen molar-refractivity contribution >= 4 is 18.7 Å². The quantitative estimate of drug-likeness (QED) is 0.127. The van der Waals surface area contributed by atoms with Crippen LogP contribution in [0.25, 0.3) is 0 Å². The van der Waals surface area contributed by atoms with Crippen LogP contribution in [-0.4, -0.2) is 64.0 Å². The van der Waals surface area contributed by atoms with Gasteiger partial charge in [-0.25, -0.2) is 0 Å². The Labute approximate surface area is 315 Å². The first-order valence-electron chi connectivity index (χ1n) is 19.1. The average molecular weight is 729 g/mol. The highest BCUT2D eigenvalue weighted by Gasteiger charge is 2.50. The molecule has 284 valence electrons. The smallest absolute Gasteiger partial charge is 0.261 e. The van der Waals surface area contributed by atoms with Crippen molar-refractivity contribution in [1.29, 1.82) is 0 Å². The topological polar surface area (TPSA) is 66.4 Å². The highest BCUT2D eigenvalue weighted by molar-refractivity contribution is 6.99. The monoisotopic (exact) mass is 728 g/mol. The standard InChI is InChI=1S/C45H64O6Si/c1-32(42-36(5)43(51-45(9,10)50-42)33(2)29-48-31-37-21-15-12-16-22-37)27-28-40(46)35(4)41(47-11)34(3)30-49-52(44(6,7)8,38-23-17-13-18-24-38)39-25-19-14-20-26-39/h12-26,32-36,40-43,46H,29-31H2,1-11H3/t32-,33-,34+,35-,36-,40?,41+,42-,43-/m0/s1. The molecule has 1 heterocycles. The van der Waals surface area contributed by atoms with E-state index in [2.05, 4.69) is 133 Å². The second-order valence-electron chi connectivity index (χ2n) is 16.4. The van der Waals surface area contributed by atoms with Crippen LogP contribution in [0.3, 0.4) is 0 Å². The van der Waals surface area contributed by atoms with E-state index in [1.54, 1.807) is 7.11 Å². The molecule has 1 fully saturated rings. The van der Waals surface area contributed by atoms with Crippen LogP contribution in [0, 0.1) is 41.4 Å². The lowest BCUT2D eigenvalue weighted by atomic mass is 9.82. The molecule has 3 aromatic rings. The van der Waals surface area contributed by atoms with Gasteiger partial charge in [0.25, 0.3) is 8.32 Å². The van der Waals surface area contributed by atoms with Crippen LogP contribution in [0.2, 0.25) is 5.04 Å². The predicted octanol–water partition coefficient (Wildman–Crippen LogP) is 7.86. The molecule has 4 rings (SSSR count). The van der Waals surface area contributed by atoms with Gasteiger partial charge in [0, 0.05) is 43.3 Å². The first-order valence-corrected chi connectivity index (χ1v) is 21.0. The minimum absolute atomic E-state index is 0.00141. The number of methoxy groups -OCH3 is 1. The summed E-state index contributed by atoms with van der Waals surface area (Å²) in [5.74, 6) is 5.65. The zero-order valence-electron chi connectivity index (χ0n) is 33.5. The van der Waals surface area contributed by atoms with Gasteiger partial charge in [-0.15, -0.1) is 0 Å². The fraction of sp³-hybridized carbons (Fsp3) is 0.556. The number of ether oxygens (including phenoxy) is 4. The molecule has 7 heteroatoms. The summed E-state index contributed by atoms with van der Waals surface area (Å²) < 4.78 is 32.4. The number of benzene rings is 3. The molecular weight excluding hydrogens is 665 g/mol. The number of hydrogen-bond acceptors (Lipinski definition) is 6. The molecule has 0 aliphatic carbocycles. The number of hydrogen-bond donors (Lipinski definition) is 1. The Bertz CT molecular complexity index is 1510. The molecule has 0 amide bonds. The number of rotatable bonds is 15. The fourth-order valence-electron chi connectivity index (χ4n) is 8.00. The van der Waals surface area contributed by atoms with E-state index >= 15 is 0 Å². The number of aliphatic hydroxyl groups is 1. The highest BCUT2D eigenvalue weighted by atomic mass is 28.4. The van der Waals surface area contributed by atoms with Crippen LogP contribution in [-0.2, 0) is 30.0 Å².